The van der Waals surface area contributed by atoms with Gasteiger partial charge in [0, 0.05) is 31.7 Å². The summed E-state index contributed by atoms with van der Waals surface area (Å²) in [7, 11) is 3.16. The zero-order chi connectivity index (χ0) is 23.4. The summed E-state index contributed by atoms with van der Waals surface area (Å²) >= 11 is 1.56. The van der Waals surface area contributed by atoms with Crippen molar-refractivity contribution in [3.63, 3.8) is 0 Å². The van der Waals surface area contributed by atoms with Crippen LogP contribution in [0.1, 0.15) is 27.9 Å². The molecule has 2 aromatic carbocycles. The fraction of sp³-hybridized carbons (Fsp3) is 0.440. The number of nitrogens with zero attached hydrogens (tertiary/aromatic N) is 3. The molecule has 3 aromatic rings. The number of aromatic nitrogens is 1. The van der Waals surface area contributed by atoms with Crippen LogP contribution in [-0.4, -0.2) is 69.4 Å². The Morgan fingerprint density at radius 3 is 2.61 bits per heavy atom. The number of fused-ring (bicyclic) bond motifs is 1. The van der Waals surface area contributed by atoms with Crippen molar-refractivity contribution < 1.29 is 19.0 Å². The van der Waals surface area contributed by atoms with Crippen molar-refractivity contribution in [3.8, 4) is 11.5 Å². The molecule has 176 valence electrons. The van der Waals surface area contributed by atoms with E-state index in [4.69, 9.17) is 19.2 Å². The summed E-state index contributed by atoms with van der Waals surface area (Å²) in [5, 5.41) is 0.723. The van der Waals surface area contributed by atoms with E-state index in [1.807, 2.05) is 0 Å². The Morgan fingerprint density at radius 2 is 1.88 bits per heavy atom. The fourth-order valence-corrected chi connectivity index (χ4v) is 5.33. The number of methoxy groups -OCH3 is 2. The highest BCUT2D eigenvalue weighted by molar-refractivity contribution is 7.22. The molecule has 4 rings (SSSR count). The van der Waals surface area contributed by atoms with Gasteiger partial charge in [0.15, 0.2) is 16.6 Å². The highest BCUT2D eigenvalue weighted by atomic mass is 32.1. The first-order valence-corrected chi connectivity index (χ1v) is 12.0. The lowest BCUT2D eigenvalue weighted by atomic mass is 10.1. The Hall–Kier alpha value is -2.68. The van der Waals surface area contributed by atoms with Crippen LogP contribution in [0.5, 0.6) is 11.5 Å². The van der Waals surface area contributed by atoms with Gasteiger partial charge < -0.3 is 14.2 Å². The molecule has 1 aromatic heterocycles. The largest absolute Gasteiger partial charge is 0.493 e. The van der Waals surface area contributed by atoms with E-state index < -0.39 is 0 Å². The Bertz CT molecular complexity index is 1120. The average molecular weight is 470 g/mol. The fourth-order valence-electron chi connectivity index (χ4n) is 4.16. The lowest BCUT2D eigenvalue weighted by Crippen LogP contribution is -2.39. The molecule has 1 aliphatic rings. The minimum absolute atomic E-state index is 0.0913. The molecule has 33 heavy (non-hydrogen) atoms. The highest BCUT2D eigenvalue weighted by Gasteiger charge is 2.23. The Balaban J connectivity index is 1.63. The third-order valence-corrected chi connectivity index (χ3v) is 6.91. The van der Waals surface area contributed by atoms with Crippen molar-refractivity contribution in [2.24, 2.45) is 0 Å². The zero-order valence-corrected chi connectivity index (χ0v) is 20.5. The molecule has 0 atom stereocenters. The molecular weight excluding hydrogens is 438 g/mol. The monoisotopic (exact) mass is 469 g/mol. The first-order valence-electron chi connectivity index (χ1n) is 11.2. The Morgan fingerprint density at radius 1 is 1.12 bits per heavy atom. The molecule has 1 saturated heterocycles. The van der Waals surface area contributed by atoms with Crippen molar-refractivity contribution in [2.45, 2.75) is 20.3 Å². The number of ether oxygens (including phenoxy) is 3. The van der Waals surface area contributed by atoms with E-state index in [0.29, 0.717) is 23.6 Å². The smallest absolute Gasteiger partial charge is 0.260 e. The van der Waals surface area contributed by atoms with E-state index in [1.165, 1.54) is 5.56 Å². The van der Waals surface area contributed by atoms with Gasteiger partial charge in [-0.1, -0.05) is 17.4 Å². The molecule has 7 nitrogen and oxygen atoms in total. The second-order valence-corrected chi connectivity index (χ2v) is 9.27. The van der Waals surface area contributed by atoms with Gasteiger partial charge >= 0.3 is 0 Å². The third-order valence-electron chi connectivity index (χ3n) is 5.88. The normalized spacial score (nSPS) is 14.4. The predicted octanol–water partition coefficient (Wildman–Crippen LogP) is 4.30. The first-order chi connectivity index (χ1) is 16.0. The molecule has 8 heteroatoms. The molecule has 1 aliphatic heterocycles. The van der Waals surface area contributed by atoms with Gasteiger partial charge in [-0.15, -0.1) is 0 Å². The number of amides is 1. The third kappa shape index (κ3) is 5.29. The van der Waals surface area contributed by atoms with Gasteiger partial charge in [0.25, 0.3) is 5.91 Å². The number of carbonyl (C=O) groups excluding carboxylic acids is 1. The van der Waals surface area contributed by atoms with Gasteiger partial charge in [0.1, 0.15) is 0 Å². The van der Waals surface area contributed by atoms with Crippen molar-refractivity contribution in [1.29, 1.82) is 0 Å². The van der Waals surface area contributed by atoms with Crippen LogP contribution in [-0.2, 0) is 4.74 Å². The standard InChI is InChI=1S/C25H31N3O4S/c1-17-14-18(2)23-22(15-17)33-25(26-23)28(9-5-8-27-10-12-32-13-11-27)24(29)19-6-7-20(30-3)21(16-19)31-4/h6-7,14-16H,5,8-13H2,1-4H3. The SMILES string of the molecule is COc1ccc(C(=O)N(CCCN2CCOCC2)c2nc3c(C)cc(C)cc3s2)cc1OC. The topological polar surface area (TPSA) is 64.1 Å². The van der Waals surface area contributed by atoms with Gasteiger partial charge in [-0.05, 0) is 55.7 Å². The van der Waals surface area contributed by atoms with Crippen molar-refractivity contribution >= 4 is 32.6 Å². The summed E-state index contributed by atoms with van der Waals surface area (Å²) in [5.41, 5.74) is 3.82. The summed E-state index contributed by atoms with van der Waals surface area (Å²) in [6.07, 6.45) is 0.854. The summed E-state index contributed by atoms with van der Waals surface area (Å²) in [4.78, 5) is 22.8. The Kier molecular flexibility index (Phi) is 7.47. The molecular formula is C25H31N3O4S. The van der Waals surface area contributed by atoms with E-state index >= 15 is 0 Å². The molecule has 0 bridgehead atoms. The van der Waals surface area contributed by atoms with Crippen LogP contribution in [0.25, 0.3) is 10.2 Å². The summed E-state index contributed by atoms with van der Waals surface area (Å²) in [6, 6.07) is 9.55. The molecule has 0 radical (unpaired) electrons. The molecule has 1 amide bonds. The maximum atomic E-state index is 13.7. The number of anilines is 1. The number of carbonyl (C=O) groups is 1. The quantitative estimate of drug-likeness (QED) is 0.490. The van der Waals surface area contributed by atoms with Crippen molar-refractivity contribution in [2.75, 3.05) is 58.5 Å². The number of hydrogen-bond donors (Lipinski definition) is 0. The van der Waals surface area contributed by atoms with E-state index in [0.717, 1.165) is 60.2 Å². The van der Waals surface area contributed by atoms with E-state index in [1.54, 1.807) is 48.7 Å². The van der Waals surface area contributed by atoms with E-state index in [2.05, 4.69) is 30.9 Å². The van der Waals surface area contributed by atoms with Gasteiger partial charge in [-0.2, -0.15) is 0 Å². The van der Waals surface area contributed by atoms with Crippen LogP contribution in [0.2, 0.25) is 0 Å². The highest BCUT2D eigenvalue weighted by Crippen LogP contribution is 2.34. The molecule has 0 unspecified atom stereocenters. The van der Waals surface area contributed by atoms with Crippen LogP contribution < -0.4 is 14.4 Å². The number of aryl methyl sites for hydroxylation is 2. The zero-order valence-electron chi connectivity index (χ0n) is 19.7. The van der Waals surface area contributed by atoms with Crippen LogP contribution >= 0.6 is 11.3 Å². The van der Waals surface area contributed by atoms with Gasteiger partial charge in [-0.25, -0.2) is 4.98 Å². The minimum Gasteiger partial charge on any atom is -0.493 e. The molecule has 0 saturated carbocycles. The van der Waals surface area contributed by atoms with Crippen molar-refractivity contribution in [3.05, 3.63) is 47.0 Å². The maximum Gasteiger partial charge on any atom is 0.260 e. The summed E-state index contributed by atoms with van der Waals surface area (Å²) in [5.74, 6) is 1.04. The minimum atomic E-state index is -0.0913. The Labute approximate surface area is 198 Å². The predicted molar refractivity (Wildman–Crippen MR) is 132 cm³/mol. The van der Waals surface area contributed by atoms with E-state index in [9.17, 15) is 4.79 Å². The summed E-state index contributed by atoms with van der Waals surface area (Å²) in [6.45, 7) is 9.06. The lowest BCUT2D eigenvalue weighted by Gasteiger charge is -2.27. The second-order valence-electron chi connectivity index (χ2n) is 8.26. The molecule has 2 heterocycles. The second kappa shape index (κ2) is 10.5. The molecule has 0 N–H and O–H groups in total. The molecule has 1 fully saturated rings. The molecule has 0 spiro atoms. The van der Waals surface area contributed by atoms with Crippen LogP contribution in [0.4, 0.5) is 5.13 Å². The summed E-state index contributed by atoms with van der Waals surface area (Å²) < 4.78 is 17.3. The van der Waals surface area contributed by atoms with Gasteiger partial charge in [0.2, 0.25) is 0 Å². The van der Waals surface area contributed by atoms with Gasteiger partial charge in [0.05, 0.1) is 37.6 Å². The number of benzene rings is 2. The average Bonchev–Trinajstić information content (AvgIpc) is 3.25. The number of thiazole rings is 1. The number of hydrogen-bond acceptors (Lipinski definition) is 7. The van der Waals surface area contributed by atoms with Crippen LogP contribution in [0.3, 0.4) is 0 Å². The number of morpholine rings is 1. The van der Waals surface area contributed by atoms with Gasteiger partial charge in [-0.3, -0.25) is 14.6 Å². The lowest BCUT2D eigenvalue weighted by molar-refractivity contribution is 0.0376. The van der Waals surface area contributed by atoms with E-state index in [-0.39, 0.29) is 5.91 Å². The van der Waals surface area contributed by atoms with Crippen LogP contribution in [0, 0.1) is 13.8 Å². The molecule has 0 aliphatic carbocycles. The maximum absolute atomic E-state index is 13.7. The van der Waals surface area contributed by atoms with Crippen LogP contribution in [0.15, 0.2) is 30.3 Å². The van der Waals surface area contributed by atoms with Crippen molar-refractivity contribution in [1.82, 2.24) is 9.88 Å². The first kappa shape index (κ1) is 23.5. The number of rotatable bonds is 8.